The number of pyridine rings is 1. The third kappa shape index (κ3) is 3.14. The third-order valence-electron chi connectivity index (χ3n) is 2.71. The highest BCUT2D eigenvalue weighted by molar-refractivity contribution is 5.56. The van der Waals surface area contributed by atoms with Crippen LogP contribution in [-0.2, 0) is 0 Å². The molecular weight excluding hydrogens is 238 g/mol. The SMILES string of the molecule is CN(CC(C)(CO)CO)c1ncccc1[N+](=O)[O-]. The number of nitrogens with zero attached hydrogens (tertiary/aromatic N) is 3. The number of anilines is 1. The fraction of sp³-hybridized carbons (Fsp3) is 0.545. The molecule has 0 amide bonds. The summed E-state index contributed by atoms with van der Waals surface area (Å²) in [6, 6.07) is 2.86. The molecule has 0 atom stereocenters. The maximum Gasteiger partial charge on any atom is 0.311 e. The lowest BCUT2D eigenvalue weighted by Gasteiger charge is -2.30. The van der Waals surface area contributed by atoms with Gasteiger partial charge < -0.3 is 15.1 Å². The number of hydrogen-bond donors (Lipinski definition) is 2. The Morgan fingerprint density at radius 3 is 2.61 bits per heavy atom. The highest BCUT2D eigenvalue weighted by Gasteiger charge is 2.27. The molecule has 0 aliphatic carbocycles. The second-order valence-electron chi connectivity index (χ2n) is 4.59. The first-order valence-corrected chi connectivity index (χ1v) is 5.46. The molecule has 2 N–H and O–H groups in total. The van der Waals surface area contributed by atoms with E-state index in [1.807, 2.05) is 0 Å². The van der Waals surface area contributed by atoms with E-state index in [4.69, 9.17) is 0 Å². The maximum absolute atomic E-state index is 10.9. The molecular formula is C11H17N3O4. The number of aromatic nitrogens is 1. The molecule has 0 spiro atoms. The fourth-order valence-corrected chi connectivity index (χ4v) is 1.62. The Labute approximate surface area is 105 Å². The molecule has 0 aliphatic heterocycles. The highest BCUT2D eigenvalue weighted by Crippen LogP contribution is 2.26. The first-order chi connectivity index (χ1) is 8.43. The topological polar surface area (TPSA) is 99.7 Å². The van der Waals surface area contributed by atoms with Crippen LogP contribution >= 0.6 is 0 Å². The van der Waals surface area contributed by atoms with Crippen LogP contribution in [0, 0.1) is 15.5 Å². The van der Waals surface area contributed by atoms with Crippen LogP contribution in [0.3, 0.4) is 0 Å². The zero-order valence-corrected chi connectivity index (χ0v) is 10.4. The Bertz CT molecular complexity index is 421. The molecule has 0 radical (unpaired) electrons. The minimum Gasteiger partial charge on any atom is -0.396 e. The van der Waals surface area contributed by atoms with Crippen molar-refractivity contribution >= 4 is 11.5 Å². The molecule has 0 bridgehead atoms. The Hall–Kier alpha value is -1.73. The van der Waals surface area contributed by atoms with E-state index >= 15 is 0 Å². The van der Waals surface area contributed by atoms with Crippen molar-refractivity contribution in [3.63, 3.8) is 0 Å². The molecule has 1 aromatic rings. The summed E-state index contributed by atoms with van der Waals surface area (Å²) in [6.45, 7) is 1.53. The fourth-order valence-electron chi connectivity index (χ4n) is 1.62. The van der Waals surface area contributed by atoms with Gasteiger partial charge in [0.05, 0.1) is 18.1 Å². The minimum atomic E-state index is -0.736. The quantitative estimate of drug-likeness (QED) is 0.564. The summed E-state index contributed by atoms with van der Waals surface area (Å²) in [5, 5.41) is 29.3. The van der Waals surface area contributed by atoms with E-state index in [9.17, 15) is 20.3 Å². The third-order valence-corrected chi connectivity index (χ3v) is 2.71. The second-order valence-corrected chi connectivity index (χ2v) is 4.59. The number of rotatable bonds is 6. The zero-order valence-electron chi connectivity index (χ0n) is 10.4. The summed E-state index contributed by atoms with van der Waals surface area (Å²) in [6.07, 6.45) is 1.47. The van der Waals surface area contributed by atoms with Crippen molar-refractivity contribution in [3.8, 4) is 0 Å². The number of aliphatic hydroxyl groups is 2. The van der Waals surface area contributed by atoms with Gasteiger partial charge in [-0.25, -0.2) is 4.98 Å². The van der Waals surface area contributed by atoms with Gasteiger partial charge in [0.15, 0.2) is 0 Å². The van der Waals surface area contributed by atoms with E-state index in [0.29, 0.717) is 0 Å². The van der Waals surface area contributed by atoms with Crippen molar-refractivity contribution in [1.29, 1.82) is 0 Å². The minimum absolute atomic E-state index is 0.0989. The summed E-state index contributed by atoms with van der Waals surface area (Å²) < 4.78 is 0. The molecule has 100 valence electrons. The van der Waals surface area contributed by atoms with Crippen LogP contribution in [-0.4, -0.2) is 46.9 Å². The highest BCUT2D eigenvalue weighted by atomic mass is 16.6. The summed E-state index contributed by atoms with van der Waals surface area (Å²) in [4.78, 5) is 15.9. The van der Waals surface area contributed by atoms with Crippen molar-refractivity contribution < 1.29 is 15.1 Å². The molecule has 1 rings (SSSR count). The van der Waals surface area contributed by atoms with E-state index in [-0.39, 0.29) is 31.3 Å². The van der Waals surface area contributed by atoms with Gasteiger partial charge in [-0.1, -0.05) is 6.92 Å². The van der Waals surface area contributed by atoms with Crippen molar-refractivity contribution in [3.05, 3.63) is 28.4 Å². The summed E-state index contributed by atoms with van der Waals surface area (Å²) in [5.74, 6) is 0.218. The first kappa shape index (κ1) is 14.3. The monoisotopic (exact) mass is 255 g/mol. The van der Waals surface area contributed by atoms with E-state index in [1.54, 1.807) is 18.9 Å². The predicted molar refractivity (Wildman–Crippen MR) is 66.4 cm³/mol. The molecule has 0 fully saturated rings. The molecule has 18 heavy (non-hydrogen) atoms. The molecule has 7 heteroatoms. The van der Waals surface area contributed by atoms with Crippen LogP contribution in [0.4, 0.5) is 11.5 Å². The van der Waals surface area contributed by atoms with E-state index < -0.39 is 10.3 Å². The van der Waals surface area contributed by atoms with Crippen LogP contribution in [0.15, 0.2) is 18.3 Å². The molecule has 0 saturated carbocycles. The average Bonchev–Trinajstić information content (AvgIpc) is 2.38. The number of hydrogen-bond acceptors (Lipinski definition) is 6. The van der Waals surface area contributed by atoms with Crippen LogP contribution in [0.25, 0.3) is 0 Å². The van der Waals surface area contributed by atoms with Crippen LogP contribution < -0.4 is 4.90 Å². The lowest BCUT2D eigenvalue weighted by Crippen LogP contribution is -2.39. The standard InChI is InChI=1S/C11H17N3O4/c1-11(7-15,8-16)6-13(2)10-9(14(17)18)4-3-5-12-10/h3-5,15-16H,6-8H2,1-2H3. The van der Waals surface area contributed by atoms with Gasteiger partial charge in [0.1, 0.15) is 0 Å². The summed E-state index contributed by atoms with van der Waals surface area (Å²) in [5.41, 5.74) is -0.835. The Morgan fingerprint density at radius 1 is 1.50 bits per heavy atom. The predicted octanol–water partition coefficient (Wildman–Crippen LogP) is 0.417. The molecule has 0 unspecified atom stereocenters. The summed E-state index contributed by atoms with van der Waals surface area (Å²) in [7, 11) is 1.64. The van der Waals surface area contributed by atoms with Gasteiger partial charge in [0.2, 0.25) is 5.82 Å². The van der Waals surface area contributed by atoms with E-state index in [1.165, 1.54) is 18.3 Å². The van der Waals surface area contributed by atoms with Crippen LogP contribution in [0.5, 0.6) is 0 Å². The van der Waals surface area contributed by atoms with Gasteiger partial charge in [-0.15, -0.1) is 0 Å². The average molecular weight is 255 g/mol. The summed E-state index contributed by atoms with van der Waals surface area (Å²) >= 11 is 0. The molecule has 1 aromatic heterocycles. The Kier molecular flexibility index (Phi) is 4.57. The van der Waals surface area contributed by atoms with Gasteiger partial charge in [0.25, 0.3) is 0 Å². The van der Waals surface area contributed by atoms with Gasteiger partial charge in [-0.2, -0.15) is 0 Å². The second kappa shape index (κ2) is 5.74. The molecule has 0 aromatic carbocycles. The van der Waals surface area contributed by atoms with Gasteiger partial charge in [-0.3, -0.25) is 10.1 Å². The molecule has 7 nitrogen and oxygen atoms in total. The lowest BCUT2D eigenvalue weighted by atomic mass is 9.92. The van der Waals surface area contributed by atoms with Crippen molar-refractivity contribution in [1.82, 2.24) is 4.98 Å². The van der Waals surface area contributed by atoms with Gasteiger partial charge in [0, 0.05) is 31.3 Å². The first-order valence-electron chi connectivity index (χ1n) is 5.46. The van der Waals surface area contributed by atoms with Gasteiger partial charge >= 0.3 is 5.69 Å². The number of nitro groups is 1. The molecule has 0 saturated heterocycles. The van der Waals surface area contributed by atoms with E-state index in [2.05, 4.69) is 4.98 Å². The van der Waals surface area contributed by atoms with Gasteiger partial charge in [-0.05, 0) is 6.07 Å². The number of aliphatic hydroxyl groups excluding tert-OH is 2. The molecule has 1 heterocycles. The lowest BCUT2D eigenvalue weighted by molar-refractivity contribution is -0.384. The maximum atomic E-state index is 10.9. The van der Waals surface area contributed by atoms with E-state index in [0.717, 1.165) is 0 Å². The van der Waals surface area contributed by atoms with Crippen molar-refractivity contribution in [2.24, 2.45) is 5.41 Å². The van der Waals surface area contributed by atoms with Crippen LogP contribution in [0.1, 0.15) is 6.92 Å². The smallest absolute Gasteiger partial charge is 0.311 e. The van der Waals surface area contributed by atoms with Crippen molar-refractivity contribution in [2.45, 2.75) is 6.92 Å². The normalized spacial score (nSPS) is 11.3. The largest absolute Gasteiger partial charge is 0.396 e. The zero-order chi connectivity index (χ0) is 13.8. The van der Waals surface area contributed by atoms with Crippen molar-refractivity contribution in [2.75, 3.05) is 31.7 Å². The molecule has 0 aliphatic rings. The Balaban J connectivity index is 2.97. The van der Waals surface area contributed by atoms with Crippen LogP contribution in [0.2, 0.25) is 0 Å². The Morgan fingerprint density at radius 2 is 2.11 bits per heavy atom.